The number of rotatable bonds is 12. The van der Waals surface area contributed by atoms with Crippen LogP contribution in [0.25, 0.3) is 0 Å². The molecule has 0 aliphatic carbocycles. The Hall–Kier alpha value is -2.34. The molecule has 1 aliphatic heterocycles. The zero-order chi connectivity index (χ0) is 23.6. The quantitative estimate of drug-likeness (QED) is 0.367. The van der Waals surface area contributed by atoms with Crippen LogP contribution in [0.15, 0.2) is 35.7 Å². The second kappa shape index (κ2) is 12.8. The van der Waals surface area contributed by atoms with Crippen LogP contribution in [0, 0.1) is 0 Å². The molecule has 180 valence electrons. The summed E-state index contributed by atoms with van der Waals surface area (Å²) in [5.74, 6) is 0.938. The Balaban J connectivity index is 1.73. The van der Waals surface area contributed by atoms with Crippen molar-refractivity contribution in [2.75, 3.05) is 26.7 Å². The van der Waals surface area contributed by atoms with Gasteiger partial charge in [-0.25, -0.2) is 0 Å². The highest BCUT2D eigenvalue weighted by Crippen LogP contribution is 2.38. The molecule has 2 amide bonds. The first-order valence-corrected chi connectivity index (χ1v) is 13.2. The number of thiophene rings is 1. The third-order valence-corrected chi connectivity index (χ3v) is 7.38. The molecule has 0 radical (unpaired) electrons. The van der Waals surface area contributed by atoms with Gasteiger partial charge in [-0.1, -0.05) is 51.7 Å². The second-order valence-electron chi connectivity index (χ2n) is 8.79. The van der Waals surface area contributed by atoms with Gasteiger partial charge >= 0.3 is 0 Å². The highest BCUT2D eigenvalue weighted by atomic mass is 32.1. The lowest BCUT2D eigenvalue weighted by Gasteiger charge is -2.37. The molecule has 1 atom stereocenters. The minimum absolute atomic E-state index is 0.0282. The maximum absolute atomic E-state index is 13.6. The van der Waals surface area contributed by atoms with Gasteiger partial charge in [0.1, 0.15) is 5.75 Å². The van der Waals surface area contributed by atoms with Crippen LogP contribution >= 0.6 is 11.3 Å². The van der Waals surface area contributed by atoms with E-state index in [0.29, 0.717) is 19.5 Å². The molecule has 1 unspecified atom stereocenters. The van der Waals surface area contributed by atoms with Gasteiger partial charge in [-0.05, 0) is 54.0 Å². The maximum atomic E-state index is 13.6. The zero-order valence-electron chi connectivity index (χ0n) is 20.3. The fourth-order valence-corrected chi connectivity index (χ4v) is 5.49. The number of amides is 2. The molecule has 6 heteroatoms. The van der Waals surface area contributed by atoms with Crippen LogP contribution in [0.2, 0.25) is 0 Å². The minimum Gasteiger partial charge on any atom is -0.497 e. The summed E-state index contributed by atoms with van der Waals surface area (Å²) < 4.78 is 5.32. The van der Waals surface area contributed by atoms with Crippen molar-refractivity contribution in [3.8, 4) is 5.75 Å². The van der Waals surface area contributed by atoms with Gasteiger partial charge in [-0.2, -0.15) is 0 Å². The molecule has 1 aromatic heterocycles. The SMILES string of the molecule is CCCCCCCC(=O)N(CCC)CC(=O)N1CCc2sccc2C1c1ccc(OC)cc1. The standard InChI is InChI=1S/C27H38N2O3S/c1-4-6-7-8-9-10-25(30)28(17-5-2)20-26(31)29-18-15-24-23(16-19-33-24)27(29)21-11-13-22(32-3)14-12-21/h11-14,16,19,27H,4-10,15,17-18,20H2,1-3H3. The van der Waals surface area contributed by atoms with Gasteiger partial charge in [0, 0.05) is 24.4 Å². The summed E-state index contributed by atoms with van der Waals surface area (Å²) in [4.78, 5) is 31.5. The molecule has 1 aliphatic rings. The van der Waals surface area contributed by atoms with Crippen LogP contribution in [0.4, 0.5) is 0 Å². The molecule has 5 nitrogen and oxygen atoms in total. The van der Waals surface area contributed by atoms with E-state index in [2.05, 4.69) is 25.3 Å². The number of nitrogens with zero attached hydrogens (tertiary/aromatic N) is 2. The zero-order valence-corrected chi connectivity index (χ0v) is 21.2. The van der Waals surface area contributed by atoms with Crippen molar-refractivity contribution in [2.24, 2.45) is 0 Å². The Morgan fingerprint density at radius 3 is 2.52 bits per heavy atom. The topological polar surface area (TPSA) is 49.9 Å². The lowest BCUT2D eigenvalue weighted by molar-refractivity contribution is -0.141. The molecule has 0 saturated heterocycles. The molecule has 0 bridgehead atoms. The molecule has 0 N–H and O–H groups in total. The number of benzene rings is 1. The summed E-state index contributed by atoms with van der Waals surface area (Å²) in [5.41, 5.74) is 2.28. The first-order chi connectivity index (χ1) is 16.1. The Morgan fingerprint density at radius 2 is 1.82 bits per heavy atom. The minimum atomic E-state index is -0.119. The molecule has 33 heavy (non-hydrogen) atoms. The summed E-state index contributed by atoms with van der Waals surface area (Å²) >= 11 is 1.76. The summed E-state index contributed by atoms with van der Waals surface area (Å²) in [6.07, 6.45) is 7.84. The van der Waals surface area contributed by atoms with Gasteiger partial charge in [0.15, 0.2) is 0 Å². The van der Waals surface area contributed by atoms with E-state index in [4.69, 9.17) is 4.74 Å². The van der Waals surface area contributed by atoms with E-state index in [9.17, 15) is 9.59 Å². The Bertz CT molecular complexity index is 893. The van der Waals surface area contributed by atoms with Crippen molar-refractivity contribution in [1.82, 2.24) is 9.80 Å². The van der Waals surface area contributed by atoms with Crippen molar-refractivity contribution < 1.29 is 14.3 Å². The summed E-state index contributed by atoms with van der Waals surface area (Å²) in [6, 6.07) is 10.0. The van der Waals surface area contributed by atoms with Crippen molar-refractivity contribution in [3.05, 3.63) is 51.7 Å². The smallest absolute Gasteiger partial charge is 0.242 e. The average molecular weight is 471 g/mol. The first kappa shape index (κ1) is 25.3. The fraction of sp³-hybridized carbons (Fsp3) is 0.556. The van der Waals surface area contributed by atoms with Crippen molar-refractivity contribution in [3.63, 3.8) is 0 Å². The van der Waals surface area contributed by atoms with Crippen molar-refractivity contribution in [1.29, 1.82) is 0 Å². The van der Waals surface area contributed by atoms with Gasteiger partial charge < -0.3 is 14.5 Å². The molecule has 1 aromatic carbocycles. The number of fused-ring (bicyclic) bond motifs is 1. The molecular formula is C27H38N2O3S. The molecule has 0 fully saturated rings. The van der Waals surface area contributed by atoms with E-state index in [-0.39, 0.29) is 24.4 Å². The normalized spacial score (nSPS) is 15.2. The third-order valence-electron chi connectivity index (χ3n) is 6.38. The monoisotopic (exact) mass is 470 g/mol. The van der Waals surface area contributed by atoms with E-state index in [1.165, 1.54) is 29.7 Å². The molecule has 2 aromatic rings. The number of hydrogen-bond acceptors (Lipinski definition) is 4. The number of carbonyl (C=O) groups is 2. The van der Waals surface area contributed by atoms with Gasteiger partial charge in [-0.3, -0.25) is 9.59 Å². The van der Waals surface area contributed by atoms with Gasteiger partial charge in [0.05, 0.1) is 19.7 Å². The fourth-order valence-electron chi connectivity index (χ4n) is 4.58. The Kier molecular flexibility index (Phi) is 9.79. The Morgan fingerprint density at radius 1 is 1.06 bits per heavy atom. The van der Waals surface area contributed by atoms with E-state index in [1.807, 2.05) is 29.2 Å². The summed E-state index contributed by atoms with van der Waals surface area (Å²) in [5, 5.41) is 2.11. The number of methoxy groups -OCH3 is 1. The molecular weight excluding hydrogens is 432 g/mol. The van der Waals surface area contributed by atoms with Crippen LogP contribution < -0.4 is 4.74 Å². The number of unbranched alkanes of at least 4 members (excludes halogenated alkanes) is 4. The van der Waals surface area contributed by atoms with Crippen molar-refractivity contribution >= 4 is 23.2 Å². The van der Waals surface area contributed by atoms with Crippen LogP contribution in [-0.2, 0) is 16.0 Å². The molecule has 0 spiro atoms. The predicted molar refractivity (Wildman–Crippen MR) is 135 cm³/mol. The first-order valence-electron chi connectivity index (χ1n) is 12.4. The lowest BCUT2D eigenvalue weighted by atomic mass is 9.93. The third kappa shape index (κ3) is 6.59. The number of carbonyl (C=O) groups excluding carboxylic acids is 2. The van der Waals surface area contributed by atoms with Crippen LogP contribution in [0.5, 0.6) is 5.75 Å². The highest BCUT2D eigenvalue weighted by Gasteiger charge is 2.33. The summed E-state index contributed by atoms with van der Waals surface area (Å²) in [6.45, 7) is 5.72. The second-order valence-corrected chi connectivity index (χ2v) is 9.79. The van der Waals surface area contributed by atoms with Crippen LogP contribution in [0.1, 0.15) is 80.8 Å². The van der Waals surface area contributed by atoms with Crippen LogP contribution in [0.3, 0.4) is 0 Å². The molecule has 2 heterocycles. The Labute approximate surface area is 202 Å². The number of ether oxygens (including phenoxy) is 1. The molecule has 3 rings (SSSR count). The van der Waals surface area contributed by atoms with E-state index in [0.717, 1.165) is 37.0 Å². The average Bonchev–Trinajstić information content (AvgIpc) is 3.32. The highest BCUT2D eigenvalue weighted by molar-refractivity contribution is 7.10. The largest absolute Gasteiger partial charge is 0.497 e. The molecule has 0 saturated carbocycles. The van der Waals surface area contributed by atoms with Gasteiger partial charge in [0.25, 0.3) is 0 Å². The van der Waals surface area contributed by atoms with Gasteiger partial charge in [0.2, 0.25) is 11.8 Å². The van der Waals surface area contributed by atoms with Gasteiger partial charge in [-0.15, -0.1) is 11.3 Å². The lowest BCUT2D eigenvalue weighted by Crippen LogP contribution is -2.47. The van der Waals surface area contributed by atoms with E-state index >= 15 is 0 Å². The predicted octanol–water partition coefficient (Wildman–Crippen LogP) is 5.83. The number of hydrogen-bond donors (Lipinski definition) is 0. The van der Waals surface area contributed by atoms with Crippen LogP contribution in [-0.4, -0.2) is 48.4 Å². The van der Waals surface area contributed by atoms with E-state index < -0.39 is 0 Å². The van der Waals surface area contributed by atoms with Crippen molar-refractivity contribution in [2.45, 2.75) is 71.3 Å². The maximum Gasteiger partial charge on any atom is 0.242 e. The van der Waals surface area contributed by atoms with E-state index in [1.54, 1.807) is 23.3 Å². The summed E-state index contributed by atoms with van der Waals surface area (Å²) in [7, 11) is 1.66.